The van der Waals surface area contributed by atoms with Gasteiger partial charge in [0.15, 0.2) is 5.82 Å². The molecule has 0 fully saturated rings. The normalized spacial score (nSPS) is 10.3. The van der Waals surface area contributed by atoms with E-state index >= 15 is 0 Å². The van der Waals surface area contributed by atoms with Crippen LogP contribution in [0.5, 0.6) is 6.01 Å². The number of likely N-dealkylation sites (N-methyl/N-ethyl adjacent to an activating group) is 1. The number of rotatable bonds is 5. The van der Waals surface area contributed by atoms with E-state index in [-0.39, 0.29) is 0 Å². The monoisotopic (exact) mass is 278 g/mol. The zero-order chi connectivity index (χ0) is 13.7. The van der Waals surface area contributed by atoms with Crippen LogP contribution in [-0.2, 0) is 6.42 Å². The number of hydrogen-bond donors (Lipinski definition) is 0. The molecule has 0 amide bonds. The number of ether oxygens (including phenoxy) is 1. The van der Waals surface area contributed by atoms with Crippen LogP contribution in [0, 0.1) is 0 Å². The third kappa shape index (κ3) is 3.54. The molecule has 0 bridgehead atoms. The van der Waals surface area contributed by atoms with Gasteiger partial charge in [-0.15, -0.1) is 0 Å². The molecule has 5 nitrogen and oxygen atoms in total. The van der Waals surface area contributed by atoms with Crippen molar-refractivity contribution in [3.8, 4) is 6.01 Å². The minimum Gasteiger partial charge on any atom is -0.467 e. The molecule has 0 aliphatic heterocycles. The van der Waals surface area contributed by atoms with Crippen molar-refractivity contribution in [3.05, 3.63) is 41.3 Å². The first kappa shape index (κ1) is 13.5. The first-order chi connectivity index (χ1) is 9.20. The largest absolute Gasteiger partial charge is 0.467 e. The summed E-state index contributed by atoms with van der Waals surface area (Å²) in [5, 5.41) is 0.504. The van der Waals surface area contributed by atoms with E-state index in [0.29, 0.717) is 16.9 Å². The molecule has 19 heavy (non-hydrogen) atoms. The summed E-state index contributed by atoms with van der Waals surface area (Å²) in [5.41, 5.74) is 1.03. The number of methoxy groups -OCH3 is 1. The van der Waals surface area contributed by atoms with Gasteiger partial charge in [0, 0.05) is 31.9 Å². The van der Waals surface area contributed by atoms with Gasteiger partial charge in [0.2, 0.25) is 0 Å². The predicted octanol–water partition coefficient (Wildman–Crippen LogP) is 2.21. The first-order valence-electron chi connectivity index (χ1n) is 5.88. The van der Waals surface area contributed by atoms with Gasteiger partial charge in [0.25, 0.3) is 0 Å². The highest BCUT2D eigenvalue weighted by atomic mass is 35.5. The molecule has 100 valence electrons. The molecule has 2 aromatic heterocycles. The quantitative estimate of drug-likeness (QED) is 0.839. The fourth-order valence-electron chi connectivity index (χ4n) is 1.64. The van der Waals surface area contributed by atoms with Crippen molar-refractivity contribution in [1.82, 2.24) is 15.0 Å². The van der Waals surface area contributed by atoms with Crippen molar-refractivity contribution in [2.24, 2.45) is 0 Å². The van der Waals surface area contributed by atoms with Crippen LogP contribution >= 0.6 is 11.6 Å². The lowest BCUT2D eigenvalue weighted by Gasteiger charge is -2.19. The fraction of sp³-hybridized carbons (Fsp3) is 0.308. The molecule has 0 N–H and O–H groups in total. The minimum absolute atomic E-state index is 0.309. The molecule has 0 aliphatic rings. The van der Waals surface area contributed by atoms with Crippen LogP contribution in [0.3, 0.4) is 0 Å². The minimum atomic E-state index is 0.309. The van der Waals surface area contributed by atoms with E-state index in [1.165, 1.54) is 7.11 Å². The lowest BCUT2D eigenvalue weighted by Crippen LogP contribution is -2.22. The smallest absolute Gasteiger partial charge is 0.318 e. The maximum absolute atomic E-state index is 6.09. The van der Waals surface area contributed by atoms with Gasteiger partial charge in [0.1, 0.15) is 5.02 Å². The van der Waals surface area contributed by atoms with E-state index in [9.17, 15) is 0 Å². The Hall–Kier alpha value is -1.88. The molecule has 2 rings (SSSR count). The van der Waals surface area contributed by atoms with E-state index in [4.69, 9.17) is 16.3 Å². The summed E-state index contributed by atoms with van der Waals surface area (Å²) in [6.45, 7) is 0.761. The van der Waals surface area contributed by atoms with Crippen LogP contribution in [0.1, 0.15) is 5.69 Å². The average Bonchev–Trinajstić information content (AvgIpc) is 2.46. The second kappa shape index (κ2) is 6.33. The number of pyridine rings is 1. The summed E-state index contributed by atoms with van der Waals surface area (Å²) in [4.78, 5) is 14.4. The Morgan fingerprint density at radius 3 is 2.84 bits per heavy atom. The third-order valence-electron chi connectivity index (χ3n) is 2.68. The topological polar surface area (TPSA) is 51.1 Å². The standard InChI is InChI=1S/C13H15ClN4O/c1-18(8-6-10-5-3-4-7-15-10)12-11(14)9-16-13(17-12)19-2/h3-5,7,9H,6,8H2,1-2H3. The van der Waals surface area contributed by atoms with Crippen molar-refractivity contribution in [3.63, 3.8) is 0 Å². The Kier molecular flexibility index (Phi) is 4.52. The lowest BCUT2D eigenvalue weighted by atomic mass is 10.2. The van der Waals surface area contributed by atoms with Crippen molar-refractivity contribution in [2.45, 2.75) is 6.42 Å². The van der Waals surface area contributed by atoms with Gasteiger partial charge in [0.05, 0.1) is 13.3 Å². The third-order valence-corrected chi connectivity index (χ3v) is 2.94. The summed E-state index contributed by atoms with van der Waals surface area (Å²) in [6.07, 6.45) is 4.15. The average molecular weight is 279 g/mol. The van der Waals surface area contributed by atoms with E-state index in [0.717, 1.165) is 18.7 Å². The van der Waals surface area contributed by atoms with Crippen LogP contribution < -0.4 is 9.64 Å². The summed E-state index contributed by atoms with van der Waals surface area (Å²) >= 11 is 6.09. The van der Waals surface area contributed by atoms with Gasteiger partial charge in [-0.05, 0) is 12.1 Å². The number of hydrogen-bond acceptors (Lipinski definition) is 5. The van der Waals surface area contributed by atoms with E-state index in [1.807, 2.05) is 30.1 Å². The number of halogens is 1. The highest BCUT2D eigenvalue weighted by Gasteiger charge is 2.10. The van der Waals surface area contributed by atoms with Gasteiger partial charge in [-0.1, -0.05) is 17.7 Å². The molecule has 2 heterocycles. The van der Waals surface area contributed by atoms with E-state index in [1.54, 1.807) is 12.4 Å². The fourth-order valence-corrected chi connectivity index (χ4v) is 1.88. The van der Waals surface area contributed by atoms with Gasteiger partial charge in [-0.3, -0.25) is 4.98 Å². The molecule has 0 atom stereocenters. The zero-order valence-electron chi connectivity index (χ0n) is 10.9. The van der Waals surface area contributed by atoms with Crippen molar-refractivity contribution >= 4 is 17.4 Å². The van der Waals surface area contributed by atoms with Crippen LogP contribution in [0.4, 0.5) is 5.82 Å². The number of nitrogens with zero attached hydrogens (tertiary/aromatic N) is 4. The molecule has 0 aromatic carbocycles. The Labute approximate surface area is 117 Å². The summed E-state index contributed by atoms with van der Waals surface area (Å²) in [5.74, 6) is 0.657. The lowest BCUT2D eigenvalue weighted by molar-refractivity contribution is 0.380. The highest BCUT2D eigenvalue weighted by Crippen LogP contribution is 2.23. The Balaban J connectivity index is 2.05. The summed E-state index contributed by atoms with van der Waals surface area (Å²) < 4.78 is 5.00. The molecule has 0 saturated carbocycles. The molecule has 2 aromatic rings. The van der Waals surface area contributed by atoms with Crippen LogP contribution in [0.25, 0.3) is 0 Å². The molecule has 0 spiro atoms. The molecule has 0 unspecified atom stereocenters. The zero-order valence-corrected chi connectivity index (χ0v) is 11.6. The Bertz CT molecular complexity index is 535. The van der Waals surface area contributed by atoms with Gasteiger partial charge < -0.3 is 9.64 Å². The first-order valence-corrected chi connectivity index (χ1v) is 6.26. The Morgan fingerprint density at radius 1 is 1.32 bits per heavy atom. The van der Waals surface area contributed by atoms with E-state index in [2.05, 4.69) is 15.0 Å². The predicted molar refractivity (Wildman–Crippen MR) is 74.8 cm³/mol. The van der Waals surface area contributed by atoms with E-state index < -0.39 is 0 Å². The summed E-state index contributed by atoms with van der Waals surface area (Å²) in [7, 11) is 3.46. The van der Waals surface area contributed by atoms with Gasteiger partial charge in [-0.25, -0.2) is 4.98 Å². The molecular weight excluding hydrogens is 264 g/mol. The highest BCUT2D eigenvalue weighted by molar-refractivity contribution is 6.32. The van der Waals surface area contributed by atoms with Gasteiger partial charge >= 0.3 is 6.01 Å². The molecule has 0 radical (unpaired) electrons. The second-order valence-corrected chi connectivity index (χ2v) is 4.43. The maximum Gasteiger partial charge on any atom is 0.318 e. The molecule has 6 heteroatoms. The maximum atomic E-state index is 6.09. The van der Waals surface area contributed by atoms with Crippen molar-refractivity contribution < 1.29 is 4.74 Å². The summed E-state index contributed by atoms with van der Waals surface area (Å²) in [6, 6.07) is 6.18. The molecule has 0 saturated heterocycles. The SMILES string of the molecule is COc1ncc(Cl)c(N(C)CCc2ccccn2)n1. The van der Waals surface area contributed by atoms with Crippen LogP contribution in [-0.4, -0.2) is 35.7 Å². The molecular formula is C13H15ClN4O. The van der Waals surface area contributed by atoms with Crippen LogP contribution in [0.2, 0.25) is 5.02 Å². The number of anilines is 1. The molecule has 0 aliphatic carbocycles. The van der Waals surface area contributed by atoms with Crippen LogP contribution in [0.15, 0.2) is 30.6 Å². The van der Waals surface area contributed by atoms with Crippen molar-refractivity contribution in [2.75, 3.05) is 25.6 Å². The van der Waals surface area contributed by atoms with Crippen molar-refractivity contribution in [1.29, 1.82) is 0 Å². The second-order valence-electron chi connectivity index (χ2n) is 4.02. The van der Waals surface area contributed by atoms with Gasteiger partial charge in [-0.2, -0.15) is 4.98 Å². The Morgan fingerprint density at radius 2 is 2.16 bits per heavy atom. The number of aromatic nitrogens is 3.